The molecule has 0 spiro atoms. The zero-order chi connectivity index (χ0) is 22.2. The Morgan fingerprint density at radius 3 is 2.47 bits per heavy atom. The van der Waals surface area contributed by atoms with Crippen LogP contribution in [0.1, 0.15) is 0 Å². The standard InChI is InChI=1S/C23H20N6O2S/c1-2-14-29-22(20-9-6-15-31-20)27-28-23(29)32-16-21(30)24-17-10-12-19(13-11-17)26-25-18-7-4-3-5-8-18/h2-13,15H,1,14,16H2,(H,24,30). The van der Waals surface area contributed by atoms with Gasteiger partial charge < -0.3 is 9.73 Å². The third-order valence-corrected chi connectivity index (χ3v) is 5.26. The van der Waals surface area contributed by atoms with E-state index < -0.39 is 0 Å². The number of allylic oxidation sites excluding steroid dienone is 1. The Bertz CT molecular complexity index is 1200. The van der Waals surface area contributed by atoms with Crippen LogP contribution in [0.3, 0.4) is 0 Å². The lowest BCUT2D eigenvalue weighted by atomic mass is 10.3. The first-order valence-electron chi connectivity index (χ1n) is 9.80. The molecule has 160 valence electrons. The number of carbonyl (C=O) groups is 1. The number of amides is 1. The Kier molecular flexibility index (Phi) is 6.88. The van der Waals surface area contributed by atoms with Crippen molar-refractivity contribution in [1.82, 2.24) is 14.8 Å². The number of benzene rings is 2. The van der Waals surface area contributed by atoms with Gasteiger partial charge >= 0.3 is 0 Å². The van der Waals surface area contributed by atoms with Gasteiger partial charge in [-0.15, -0.1) is 16.8 Å². The zero-order valence-corrected chi connectivity index (χ0v) is 17.9. The molecule has 32 heavy (non-hydrogen) atoms. The molecule has 2 heterocycles. The van der Waals surface area contributed by atoms with Crippen LogP contribution in [0.5, 0.6) is 0 Å². The topological polar surface area (TPSA) is 97.7 Å². The highest BCUT2D eigenvalue weighted by atomic mass is 32.2. The average molecular weight is 445 g/mol. The molecule has 0 bridgehead atoms. The van der Waals surface area contributed by atoms with E-state index in [0.29, 0.717) is 34.7 Å². The first-order valence-corrected chi connectivity index (χ1v) is 10.8. The molecule has 2 aromatic heterocycles. The van der Waals surface area contributed by atoms with Gasteiger partial charge in [0.1, 0.15) is 0 Å². The lowest BCUT2D eigenvalue weighted by Gasteiger charge is -2.07. The molecule has 0 saturated carbocycles. The fraction of sp³-hybridized carbons (Fsp3) is 0.0870. The molecule has 9 heteroatoms. The summed E-state index contributed by atoms with van der Waals surface area (Å²) < 4.78 is 7.27. The van der Waals surface area contributed by atoms with E-state index in [1.54, 1.807) is 42.7 Å². The van der Waals surface area contributed by atoms with Gasteiger partial charge in [0.05, 0.1) is 23.4 Å². The van der Waals surface area contributed by atoms with Crippen LogP contribution >= 0.6 is 11.8 Å². The number of hydrogen-bond acceptors (Lipinski definition) is 7. The van der Waals surface area contributed by atoms with Gasteiger partial charge in [-0.3, -0.25) is 9.36 Å². The van der Waals surface area contributed by atoms with Gasteiger partial charge in [-0.2, -0.15) is 10.2 Å². The van der Waals surface area contributed by atoms with Gasteiger partial charge in [-0.05, 0) is 48.5 Å². The second-order valence-electron chi connectivity index (χ2n) is 6.60. The number of aromatic nitrogens is 3. The van der Waals surface area contributed by atoms with E-state index in [4.69, 9.17) is 4.42 Å². The maximum atomic E-state index is 12.4. The molecule has 4 rings (SSSR count). The Hall–Kier alpha value is -3.98. The third-order valence-electron chi connectivity index (χ3n) is 4.29. The summed E-state index contributed by atoms with van der Waals surface area (Å²) in [4.78, 5) is 12.4. The van der Waals surface area contributed by atoms with Crippen LogP contribution in [0.4, 0.5) is 17.1 Å². The Labute approximate surface area is 189 Å². The number of thioether (sulfide) groups is 1. The summed E-state index contributed by atoms with van der Waals surface area (Å²) in [7, 11) is 0. The van der Waals surface area contributed by atoms with Crippen LogP contribution in [0.2, 0.25) is 0 Å². The first kappa shape index (κ1) is 21.3. The molecule has 4 aromatic rings. The number of nitrogens with zero attached hydrogens (tertiary/aromatic N) is 5. The maximum Gasteiger partial charge on any atom is 0.234 e. The monoisotopic (exact) mass is 444 g/mol. The largest absolute Gasteiger partial charge is 0.461 e. The first-order chi connectivity index (χ1) is 15.7. The molecule has 0 aliphatic rings. The number of nitrogens with one attached hydrogen (secondary N) is 1. The molecule has 0 saturated heterocycles. The van der Waals surface area contributed by atoms with Crippen LogP contribution in [-0.4, -0.2) is 26.4 Å². The van der Waals surface area contributed by atoms with Gasteiger partial charge in [-0.1, -0.05) is 36.0 Å². The smallest absolute Gasteiger partial charge is 0.234 e. The van der Waals surface area contributed by atoms with Crippen molar-refractivity contribution < 1.29 is 9.21 Å². The number of rotatable bonds is 9. The van der Waals surface area contributed by atoms with Crippen LogP contribution < -0.4 is 5.32 Å². The van der Waals surface area contributed by atoms with Crippen LogP contribution in [0, 0.1) is 0 Å². The molecule has 2 aromatic carbocycles. The lowest BCUT2D eigenvalue weighted by Crippen LogP contribution is -2.14. The fourth-order valence-corrected chi connectivity index (χ4v) is 3.57. The molecule has 0 atom stereocenters. The quantitative estimate of drug-likeness (QED) is 0.198. The van der Waals surface area contributed by atoms with Gasteiger partial charge in [0.15, 0.2) is 10.9 Å². The molecule has 0 aliphatic carbocycles. The number of furan rings is 1. The number of azo groups is 1. The molecule has 1 amide bonds. The number of anilines is 1. The predicted molar refractivity (Wildman–Crippen MR) is 124 cm³/mol. The van der Waals surface area contributed by atoms with Crippen LogP contribution in [0.15, 0.2) is 105 Å². The maximum absolute atomic E-state index is 12.4. The minimum atomic E-state index is -0.152. The van der Waals surface area contributed by atoms with E-state index in [9.17, 15) is 4.79 Å². The molecular weight excluding hydrogens is 424 g/mol. The van der Waals surface area contributed by atoms with E-state index in [1.807, 2.05) is 41.0 Å². The van der Waals surface area contributed by atoms with Crippen molar-refractivity contribution in [3.63, 3.8) is 0 Å². The van der Waals surface area contributed by atoms with Gasteiger partial charge in [0.25, 0.3) is 0 Å². The highest BCUT2D eigenvalue weighted by molar-refractivity contribution is 7.99. The summed E-state index contributed by atoms with van der Waals surface area (Å²) in [5, 5.41) is 20.2. The van der Waals surface area contributed by atoms with E-state index >= 15 is 0 Å². The van der Waals surface area contributed by atoms with Crippen molar-refractivity contribution in [2.45, 2.75) is 11.7 Å². The van der Waals surface area contributed by atoms with Crippen LogP contribution in [-0.2, 0) is 11.3 Å². The average Bonchev–Trinajstić information content (AvgIpc) is 3.48. The van der Waals surface area contributed by atoms with E-state index in [1.165, 1.54) is 11.8 Å². The molecule has 1 N–H and O–H groups in total. The Morgan fingerprint density at radius 1 is 1.03 bits per heavy atom. The predicted octanol–water partition coefficient (Wildman–Crippen LogP) is 5.87. The highest BCUT2D eigenvalue weighted by Gasteiger charge is 2.16. The molecule has 0 radical (unpaired) electrons. The summed E-state index contributed by atoms with van der Waals surface area (Å²) in [6.45, 7) is 4.28. The highest BCUT2D eigenvalue weighted by Crippen LogP contribution is 2.25. The van der Waals surface area contributed by atoms with E-state index in [2.05, 4.69) is 32.3 Å². The van der Waals surface area contributed by atoms with Crippen molar-refractivity contribution in [3.8, 4) is 11.6 Å². The van der Waals surface area contributed by atoms with Gasteiger partial charge in [0, 0.05) is 12.2 Å². The fourth-order valence-electron chi connectivity index (χ4n) is 2.83. The van der Waals surface area contributed by atoms with Gasteiger partial charge in [0.2, 0.25) is 11.7 Å². The SMILES string of the molecule is C=CCn1c(SCC(=O)Nc2ccc(N=Nc3ccccc3)cc2)nnc1-c1ccco1. The van der Waals surface area contributed by atoms with Crippen molar-refractivity contribution in [2.24, 2.45) is 10.2 Å². The Balaban J connectivity index is 1.34. The number of carbonyl (C=O) groups excluding carboxylic acids is 1. The summed E-state index contributed by atoms with van der Waals surface area (Å²) in [6.07, 6.45) is 3.33. The zero-order valence-electron chi connectivity index (χ0n) is 17.1. The molecule has 8 nitrogen and oxygen atoms in total. The lowest BCUT2D eigenvalue weighted by molar-refractivity contribution is -0.113. The van der Waals surface area contributed by atoms with Crippen molar-refractivity contribution in [1.29, 1.82) is 0 Å². The summed E-state index contributed by atoms with van der Waals surface area (Å²) >= 11 is 1.30. The van der Waals surface area contributed by atoms with Crippen molar-refractivity contribution >= 4 is 34.7 Å². The molecular formula is C23H20N6O2S. The molecule has 0 unspecified atom stereocenters. The summed E-state index contributed by atoms with van der Waals surface area (Å²) in [6, 6.07) is 20.3. The Morgan fingerprint density at radius 2 is 1.78 bits per heavy atom. The molecule has 0 aliphatic heterocycles. The second-order valence-corrected chi connectivity index (χ2v) is 7.54. The summed E-state index contributed by atoms with van der Waals surface area (Å²) in [5.74, 6) is 1.24. The van der Waals surface area contributed by atoms with Crippen molar-refractivity contribution in [3.05, 3.63) is 85.6 Å². The van der Waals surface area contributed by atoms with E-state index in [-0.39, 0.29) is 11.7 Å². The van der Waals surface area contributed by atoms with Crippen LogP contribution in [0.25, 0.3) is 11.6 Å². The number of hydrogen-bond donors (Lipinski definition) is 1. The van der Waals surface area contributed by atoms with E-state index in [0.717, 1.165) is 5.69 Å². The van der Waals surface area contributed by atoms with Gasteiger partial charge in [-0.25, -0.2) is 0 Å². The summed E-state index contributed by atoms with van der Waals surface area (Å²) in [5.41, 5.74) is 2.16. The second kappa shape index (κ2) is 10.4. The minimum absolute atomic E-state index is 0.152. The third kappa shape index (κ3) is 5.38. The van der Waals surface area contributed by atoms with Crippen molar-refractivity contribution in [2.75, 3.05) is 11.1 Å². The molecule has 0 fully saturated rings. The minimum Gasteiger partial charge on any atom is -0.461 e. The normalized spacial score (nSPS) is 11.0.